The van der Waals surface area contributed by atoms with Crippen LogP contribution in [0.15, 0.2) is 12.3 Å². The van der Waals surface area contributed by atoms with Crippen LogP contribution < -0.4 is 5.32 Å². The second-order valence-electron chi connectivity index (χ2n) is 6.24. The van der Waals surface area contributed by atoms with Gasteiger partial charge >= 0.3 is 0 Å². The van der Waals surface area contributed by atoms with E-state index in [9.17, 15) is 13.2 Å². The minimum absolute atomic E-state index is 0.0527. The molecule has 8 nitrogen and oxygen atoms in total. The van der Waals surface area contributed by atoms with Crippen LogP contribution in [0.2, 0.25) is 0 Å². The Hall–Kier alpha value is -1.45. The standard InChI is InChI=1S/C14H25N5O3S/c1-5-18-7-6-12(16-18)14(20)15-13-10-19(23(4,21)22)9-11(13)8-17(2)3/h6-7,11,13H,5,8-10H2,1-4H3,(H,15,20)/t11-,13-/m1/s1. The molecule has 1 amide bonds. The van der Waals surface area contributed by atoms with E-state index in [0.29, 0.717) is 31.9 Å². The predicted molar refractivity (Wildman–Crippen MR) is 87.6 cm³/mol. The Morgan fingerprint density at radius 3 is 2.65 bits per heavy atom. The lowest BCUT2D eigenvalue weighted by molar-refractivity contribution is 0.0921. The van der Waals surface area contributed by atoms with Crippen LogP contribution in [0, 0.1) is 5.92 Å². The number of hydrogen-bond donors (Lipinski definition) is 1. The summed E-state index contributed by atoms with van der Waals surface area (Å²) in [5.74, 6) is -0.210. The number of carbonyl (C=O) groups excluding carboxylic acids is 1. The average molecular weight is 343 g/mol. The van der Waals surface area contributed by atoms with Crippen LogP contribution in [0.4, 0.5) is 0 Å². The zero-order chi connectivity index (χ0) is 17.2. The highest BCUT2D eigenvalue weighted by atomic mass is 32.2. The fourth-order valence-electron chi connectivity index (χ4n) is 2.82. The van der Waals surface area contributed by atoms with Gasteiger partial charge in [-0.1, -0.05) is 0 Å². The number of sulfonamides is 1. The molecule has 1 aromatic heterocycles. The number of nitrogens with one attached hydrogen (secondary N) is 1. The van der Waals surface area contributed by atoms with Crippen LogP contribution in [0.3, 0.4) is 0 Å². The topological polar surface area (TPSA) is 87.5 Å². The van der Waals surface area contributed by atoms with Gasteiger partial charge in [-0.15, -0.1) is 0 Å². The van der Waals surface area contributed by atoms with Crippen molar-refractivity contribution in [2.45, 2.75) is 19.5 Å². The molecule has 1 saturated heterocycles. The third kappa shape index (κ3) is 4.52. The van der Waals surface area contributed by atoms with E-state index in [-0.39, 0.29) is 17.9 Å². The molecule has 2 atom stereocenters. The monoisotopic (exact) mass is 343 g/mol. The number of nitrogens with zero attached hydrogens (tertiary/aromatic N) is 4. The number of aromatic nitrogens is 2. The van der Waals surface area contributed by atoms with Gasteiger partial charge in [-0.2, -0.15) is 9.40 Å². The van der Waals surface area contributed by atoms with E-state index < -0.39 is 10.0 Å². The smallest absolute Gasteiger partial charge is 0.272 e. The molecule has 1 aromatic rings. The first-order valence-electron chi connectivity index (χ1n) is 7.65. The summed E-state index contributed by atoms with van der Waals surface area (Å²) in [6, 6.07) is 1.45. The van der Waals surface area contributed by atoms with Crippen molar-refractivity contribution in [3.8, 4) is 0 Å². The lowest BCUT2D eigenvalue weighted by Gasteiger charge is -2.22. The van der Waals surface area contributed by atoms with Crippen molar-refractivity contribution in [1.82, 2.24) is 24.3 Å². The normalized spacial score (nSPS) is 22.7. The molecule has 1 N–H and O–H groups in total. The van der Waals surface area contributed by atoms with Gasteiger partial charge in [0.1, 0.15) is 5.69 Å². The van der Waals surface area contributed by atoms with Crippen LogP contribution in [0.5, 0.6) is 0 Å². The SMILES string of the molecule is CCn1ccc(C(=O)N[C@@H]2CN(S(C)(=O)=O)C[C@H]2CN(C)C)n1. The molecule has 1 aliphatic heterocycles. The Bertz CT molecular complexity index is 655. The molecule has 0 aliphatic carbocycles. The van der Waals surface area contributed by atoms with E-state index in [0.717, 1.165) is 0 Å². The fourth-order valence-corrected chi connectivity index (χ4v) is 3.71. The van der Waals surface area contributed by atoms with E-state index in [4.69, 9.17) is 0 Å². The van der Waals surface area contributed by atoms with Gasteiger partial charge in [0, 0.05) is 44.3 Å². The van der Waals surface area contributed by atoms with Crippen molar-refractivity contribution in [2.75, 3.05) is 40.0 Å². The summed E-state index contributed by atoms with van der Waals surface area (Å²) < 4.78 is 26.7. The molecule has 130 valence electrons. The maximum atomic E-state index is 12.3. The highest BCUT2D eigenvalue weighted by Gasteiger charge is 2.38. The molecule has 9 heteroatoms. The molecule has 1 aliphatic rings. The number of carbonyl (C=O) groups is 1. The first kappa shape index (κ1) is 17.9. The maximum Gasteiger partial charge on any atom is 0.272 e. The summed E-state index contributed by atoms with van der Waals surface area (Å²) in [5, 5.41) is 7.13. The third-order valence-electron chi connectivity index (χ3n) is 3.99. The molecule has 0 saturated carbocycles. The summed E-state index contributed by atoms with van der Waals surface area (Å²) >= 11 is 0. The Morgan fingerprint density at radius 2 is 2.13 bits per heavy atom. The second-order valence-corrected chi connectivity index (χ2v) is 8.22. The lowest BCUT2D eigenvalue weighted by atomic mass is 10.0. The van der Waals surface area contributed by atoms with Gasteiger partial charge < -0.3 is 10.2 Å². The zero-order valence-electron chi connectivity index (χ0n) is 14.1. The minimum Gasteiger partial charge on any atom is -0.346 e. The fraction of sp³-hybridized carbons (Fsp3) is 0.714. The van der Waals surface area contributed by atoms with Crippen LogP contribution in [0.25, 0.3) is 0 Å². The second kappa shape index (κ2) is 6.98. The molecule has 23 heavy (non-hydrogen) atoms. The highest BCUT2D eigenvalue weighted by molar-refractivity contribution is 7.88. The number of amides is 1. The van der Waals surface area contributed by atoms with Crippen LogP contribution >= 0.6 is 0 Å². The zero-order valence-corrected chi connectivity index (χ0v) is 14.9. The molecular weight excluding hydrogens is 318 g/mol. The molecule has 0 spiro atoms. The molecule has 0 unspecified atom stereocenters. The maximum absolute atomic E-state index is 12.3. The lowest BCUT2D eigenvalue weighted by Crippen LogP contribution is -2.43. The summed E-state index contributed by atoms with van der Waals surface area (Å²) in [6.45, 7) is 4.08. The first-order chi connectivity index (χ1) is 10.7. The number of hydrogen-bond acceptors (Lipinski definition) is 5. The third-order valence-corrected chi connectivity index (χ3v) is 5.23. The van der Waals surface area contributed by atoms with E-state index in [2.05, 4.69) is 10.4 Å². The van der Waals surface area contributed by atoms with Crippen molar-refractivity contribution < 1.29 is 13.2 Å². The molecule has 1 fully saturated rings. The average Bonchev–Trinajstić information content (AvgIpc) is 3.05. The van der Waals surface area contributed by atoms with Crippen molar-refractivity contribution in [1.29, 1.82) is 0 Å². The van der Waals surface area contributed by atoms with Crippen molar-refractivity contribution in [3.05, 3.63) is 18.0 Å². The minimum atomic E-state index is -3.26. The van der Waals surface area contributed by atoms with Crippen molar-refractivity contribution in [2.24, 2.45) is 5.92 Å². The summed E-state index contributed by atoms with van der Waals surface area (Å²) in [4.78, 5) is 14.4. The van der Waals surface area contributed by atoms with Crippen molar-refractivity contribution >= 4 is 15.9 Å². The van der Waals surface area contributed by atoms with Gasteiger partial charge in [0.05, 0.1) is 6.26 Å². The number of aryl methyl sites for hydroxylation is 1. The van der Waals surface area contributed by atoms with Gasteiger partial charge in [0.25, 0.3) is 5.91 Å². The molecule has 0 radical (unpaired) electrons. The largest absolute Gasteiger partial charge is 0.346 e. The van der Waals surface area contributed by atoms with E-state index >= 15 is 0 Å². The summed E-state index contributed by atoms with van der Waals surface area (Å²) in [5.41, 5.74) is 0.355. The number of rotatable bonds is 6. The quantitative estimate of drug-likeness (QED) is 0.749. The van der Waals surface area contributed by atoms with Crippen LogP contribution in [-0.4, -0.2) is 79.3 Å². The van der Waals surface area contributed by atoms with Gasteiger partial charge in [0.2, 0.25) is 10.0 Å². The Balaban J connectivity index is 2.09. The van der Waals surface area contributed by atoms with Gasteiger partial charge in [-0.3, -0.25) is 9.48 Å². The van der Waals surface area contributed by atoms with Crippen molar-refractivity contribution in [3.63, 3.8) is 0 Å². The van der Waals surface area contributed by atoms with Gasteiger partial charge in [-0.25, -0.2) is 8.42 Å². The van der Waals surface area contributed by atoms with Gasteiger partial charge in [0.15, 0.2) is 0 Å². The predicted octanol–water partition coefficient (Wildman–Crippen LogP) is -0.546. The van der Waals surface area contributed by atoms with E-state index in [1.807, 2.05) is 25.9 Å². The molecular formula is C14H25N5O3S. The summed E-state index contributed by atoms with van der Waals surface area (Å²) in [6.07, 6.45) is 2.95. The first-order valence-corrected chi connectivity index (χ1v) is 9.49. The van der Waals surface area contributed by atoms with Crippen LogP contribution in [-0.2, 0) is 16.6 Å². The molecule has 2 heterocycles. The van der Waals surface area contributed by atoms with Crippen LogP contribution in [0.1, 0.15) is 17.4 Å². The van der Waals surface area contributed by atoms with Gasteiger partial charge in [-0.05, 0) is 27.1 Å². The molecule has 0 aromatic carbocycles. The highest BCUT2D eigenvalue weighted by Crippen LogP contribution is 2.20. The molecule has 0 bridgehead atoms. The van der Waals surface area contributed by atoms with E-state index in [1.54, 1.807) is 16.9 Å². The Kier molecular flexibility index (Phi) is 5.43. The molecule has 2 rings (SSSR count). The Labute approximate surface area is 137 Å². The summed E-state index contributed by atoms with van der Waals surface area (Å²) in [7, 11) is 0.610. The van der Waals surface area contributed by atoms with E-state index in [1.165, 1.54) is 10.6 Å². The Morgan fingerprint density at radius 1 is 1.43 bits per heavy atom.